The van der Waals surface area contributed by atoms with Crippen molar-refractivity contribution in [3.05, 3.63) is 113 Å². The normalized spacial score (nSPS) is 13.6. The van der Waals surface area contributed by atoms with Crippen molar-refractivity contribution >= 4 is 17.1 Å². The van der Waals surface area contributed by atoms with Gasteiger partial charge in [0.1, 0.15) is 0 Å². The molecule has 0 saturated heterocycles. The van der Waals surface area contributed by atoms with Crippen LogP contribution in [0.4, 0.5) is 0 Å². The molecule has 0 heterocycles. The van der Waals surface area contributed by atoms with E-state index in [0.717, 1.165) is 22.3 Å². The van der Waals surface area contributed by atoms with Gasteiger partial charge in [0.2, 0.25) is 11.6 Å². The number of hydrogen-bond donors (Lipinski definition) is 0. The maximum atomic E-state index is 12.3. The number of fused-ring (bicyclic) bond motifs is 1. The van der Waals surface area contributed by atoms with Gasteiger partial charge in [0.25, 0.3) is 0 Å². The molecule has 2 nitrogen and oxygen atoms in total. The molecule has 0 radical (unpaired) electrons. The molecule has 3 aromatic carbocycles. The monoisotopic (exact) mass is 324 g/mol. The predicted octanol–water partition coefficient (Wildman–Crippen LogP) is 4.67. The Bertz CT molecular complexity index is 930. The van der Waals surface area contributed by atoms with Gasteiger partial charge in [-0.15, -0.1) is 0 Å². The minimum absolute atomic E-state index is 0.0967. The van der Waals surface area contributed by atoms with Gasteiger partial charge in [0, 0.05) is 11.5 Å². The van der Waals surface area contributed by atoms with Gasteiger partial charge in [-0.05, 0) is 28.3 Å². The minimum atomic E-state index is -0.453. The summed E-state index contributed by atoms with van der Waals surface area (Å²) in [5, 5.41) is 0. The highest BCUT2D eigenvalue weighted by Crippen LogP contribution is 2.40. The fraction of sp³-hybridized carbons (Fsp3) is 0.0435. The van der Waals surface area contributed by atoms with Crippen molar-refractivity contribution < 1.29 is 9.59 Å². The summed E-state index contributed by atoms with van der Waals surface area (Å²) in [6.07, 6.45) is 1.51. The van der Waals surface area contributed by atoms with E-state index in [-0.39, 0.29) is 5.92 Å². The van der Waals surface area contributed by atoms with E-state index in [1.54, 1.807) is 12.1 Å². The Morgan fingerprint density at radius 2 is 1.04 bits per heavy atom. The average molecular weight is 324 g/mol. The van der Waals surface area contributed by atoms with Crippen molar-refractivity contribution in [1.82, 2.24) is 0 Å². The fourth-order valence-electron chi connectivity index (χ4n) is 3.43. The molecule has 2 heteroatoms. The number of rotatable bonds is 3. The summed E-state index contributed by atoms with van der Waals surface area (Å²) >= 11 is 0. The third-order valence-electron chi connectivity index (χ3n) is 4.57. The molecule has 0 unspecified atom stereocenters. The molecule has 0 aromatic heterocycles. The Labute approximate surface area is 146 Å². The summed E-state index contributed by atoms with van der Waals surface area (Å²) in [5.41, 5.74) is 4.39. The van der Waals surface area contributed by atoms with E-state index < -0.39 is 11.6 Å². The summed E-state index contributed by atoms with van der Waals surface area (Å²) < 4.78 is 0. The third kappa shape index (κ3) is 2.72. The lowest BCUT2D eigenvalue weighted by molar-refractivity contribution is -0.111. The standard InChI is InChI=1S/C23H16O2/c24-21-15-20(18-13-7-8-14-19(18)23(21)25)22(16-9-3-1-4-10-16)17-11-5-2-6-12-17/h1-15,22H. The van der Waals surface area contributed by atoms with Crippen LogP contribution in [0.25, 0.3) is 5.57 Å². The Hall–Kier alpha value is -3.26. The fourth-order valence-corrected chi connectivity index (χ4v) is 3.43. The Kier molecular flexibility index (Phi) is 3.87. The lowest BCUT2D eigenvalue weighted by Gasteiger charge is -2.25. The summed E-state index contributed by atoms with van der Waals surface area (Å²) in [6, 6.07) is 27.5. The molecule has 1 aliphatic carbocycles. The number of Topliss-reactive ketones (excluding diaryl/α,β-unsaturated/α-hetero) is 1. The van der Waals surface area contributed by atoms with Crippen LogP contribution >= 0.6 is 0 Å². The molecule has 0 spiro atoms. The summed E-state index contributed by atoms with van der Waals surface area (Å²) in [5.74, 6) is -0.981. The first-order valence-corrected chi connectivity index (χ1v) is 8.25. The lowest BCUT2D eigenvalue weighted by atomic mass is 9.77. The van der Waals surface area contributed by atoms with Crippen LogP contribution in [0.1, 0.15) is 33.0 Å². The maximum Gasteiger partial charge on any atom is 0.233 e. The van der Waals surface area contributed by atoms with Gasteiger partial charge in [-0.1, -0.05) is 84.9 Å². The Balaban J connectivity index is 1.96. The van der Waals surface area contributed by atoms with Crippen LogP contribution in [0.2, 0.25) is 0 Å². The van der Waals surface area contributed by atoms with Crippen molar-refractivity contribution in [1.29, 1.82) is 0 Å². The number of carbonyl (C=O) groups is 2. The van der Waals surface area contributed by atoms with E-state index in [1.807, 2.05) is 48.5 Å². The average Bonchev–Trinajstić information content (AvgIpc) is 2.68. The van der Waals surface area contributed by atoms with Crippen molar-refractivity contribution in [2.24, 2.45) is 0 Å². The summed E-state index contributed by atoms with van der Waals surface area (Å²) in [7, 11) is 0. The van der Waals surface area contributed by atoms with Gasteiger partial charge in [-0.3, -0.25) is 9.59 Å². The van der Waals surface area contributed by atoms with E-state index in [0.29, 0.717) is 5.56 Å². The Morgan fingerprint density at radius 1 is 0.560 bits per heavy atom. The lowest BCUT2D eigenvalue weighted by Crippen LogP contribution is -2.21. The number of ketones is 2. The van der Waals surface area contributed by atoms with Gasteiger partial charge in [0.15, 0.2) is 0 Å². The molecule has 1 aliphatic rings. The second kappa shape index (κ2) is 6.33. The van der Waals surface area contributed by atoms with Crippen LogP contribution in [-0.4, -0.2) is 11.6 Å². The third-order valence-corrected chi connectivity index (χ3v) is 4.57. The molecule has 0 bridgehead atoms. The van der Waals surface area contributed by atoms with Gasteiger partial charge in [-0.25, -0.2) is 0 Å². The van der Waals surface area contributed by atoms with Crippen LogP contribution in [0.15, 0.2) is 91.0 Å². The van der Waals surface area contributed by atoms with Crippen molar-refractivity contribution in [2.45, 2.75) is 5.92 Å². The topological polar surface area (TPSA) is 34.1 Å². The molecule has 120 valence electrons. The van der Waals surface area contributed by atoms with E-state index in [1.165, 1.54) is 6.08 Å². The largest absolute Gasteiger partial charge is 0.286 e. The van der Waals surface area contributed by atoms with Crippen molar-refractivity contribution in [3.63, 3.8) is 0 Å². The van der Waals surface area contributed by atoms with Crippen molar-refractivity contribution in [3.8, 4) is 0 Å². The zero-order valence-electron chi connectivity index (χ0n) is 13.6. The molecule has 0 fully saturated rings. The quantitative estimate of drug-likeness (QED) is 0.656. The number of hydrogen-bond acceptors (Lipinski definition) is 2. The second-order valence-electron chi connectivity index (χ2n) is 6.09. The van der Waals surface area contributed by atoms with E-state index >= 15 is 0 Å². The highest BCUT2D eigenvalue weighted by Gasteiger charge is 2.30. The molecule has 0 atom stereocenters. The molecule has 4 rings (SSSR count). The molecule has 3 aromatic rings. The van der Waals surface area contributed by atoms with Crippen LogP contribution < -0.4 is 0 Å². The first kappa shape index (κ1) is 15.3. The molecule has 0 aliphatic heterocycles. The first-order valence-electron chi connectivity index (χ1n) is 8.25. The van der Waals surface area contributed by atoms with Gasteiger partial charge >= 0.3 is 0 Å². The Morgan fingerprint density at radius 3 is 1.60 bits per heavy atom. The van der Waals surface area contributed by atoms with Crippen LogP contribution in [-0.2, 0) is 4.79 Å². The number of carbonyl (C=O) groups excluding carboxylic acids is 2. The van der Waals surface area contributed by atoms with Gasteiger partial charge in [-0.2, -0.15) is 0 Å². The molecular formula is C23H16O2. The SMILES string of the molecule is O=C1C=C(C(c2ccccc2)c2ccccc2)c2ccccc2C1=O. The zero-order chi connectivity index (χ0) is 17.2. The minimum Gasteiger partial charge on any atom is -0.286 e. The summed E-state index contributed by atoms with van der Waals surface area (Å²) in [6.45, 7) is 0. The van der Waals surface area contributed by atoms with Crippen molar-refractivity contribution in [2.75, 3.05) is 0 Å². The van der Waals surface area contributed by atoms with Gasteiger partial charge in [0.05, 0.1) is 0 Å². The van der Waals surface area contributed by atoms with E-state index in [2.05, 4.69) is 24.3 Å². The van der Waals surface area contributed by atoms with Gasteiger partial charge < -0.3 is 0 Å². The predicted molar refractivity (Wildman–Crippen MR) is 98.5 cm³/mol. The van der Waals surface area contributed by atoms with Crippen LogP contribution in [0, 0.1) is 0 Å². The van der Waals surface area contributed by atoms with Crippen LogP contribution in [0.3, 0.4) is 0 Å². The molecule has 25 heavy (non-hydrogen) atoms. The second-order valence-corrected chi connectivity index (χ2v) is 6.09. The van der Waals surface area contributed by atoms with Crippen LogP contribution in [0.5, 0.6) is 0 Å². The zero-order valence-corrected chi connectivity index (χ0v) is 13.6. The smallest absolute Gasteiger partial charge is 0.233 e. The first-order chi connectivity index (χ1) is 12.3. The number of allylic oxidation sites excluding steroid dienone is 2. The highest BCUT2D eigenvalue weighted by atomic mass is 16.2. The van der Waals surface area contributed by atoms with E-state index in [9.17, 15) is 9.59 Å². The maximum absolute atomic E-state index is 12.3. The highest BCUT2D eigenvalue weighted by molar-refractivity contribution is 6.50. The number of benzene rings is 3. The van der Waals surface area contributed by atoms with E-state index in [4.69, 9.17) is 0 Å². The molecule has 0 saturated carbocycles. The molecule has 0 amide bonds. The molecular weight excluding hydrogens is 308 g/mol. The molecule has 0 N–H and O–H groups in total. The summed E-state index contributed by atoms with van der Waals surface area (Å²) in [4.78, 5) is 24.6.